The summed E-state index contributed by atoms with van der Waals surface area (Å²) >= 11 is 0. The van der Waals surface area contributed by atoms with Crippen LogP contribution in [0.4, 0.5) is 4.39 Å². The van der Waals surface area contributed by atoms with Crippen molar-refractivity contribution < 1.29 is 19.0 Å². The number of hydrogen-bond acceptors (Lipinski definition) is 3. The molecule has 1 N–H and O–H groups in total. The summed E-state index contributed by atoms with van der Waals surface area (Å²) in [5.74, 6) is -0.537. The van der Waals surface area contributed by atoms with Crippen molar-refractivity contribution in [1.82, 2.24) is 4.98 Å². The van der Waals surface area contributed by atoms with E-state index < -0.39 is 5.97 Å². The first-order chi connectivity index (χ1) is 17.8. The number of benzene rings is 2. The van der Waals surface area contributed by atoms with Gasteiger partial charge in [-0.05, 0) is 85.0 Å². The number of pyridine rings is 1. The van der Waals surface area contributed by atoms with Crippen LogP contribution in [-0.2, 0) is 28.7 Å². The first-order valence-corrected chi connectivity index (χ1v) is 13.2. The van der Waals surface area contributed by atoms with E-state index in [0.29, 0.717) is 12.2 Å². The Balaban J connectivity index is 1.31. The third kappa shape index (κ3) is 3.96. The number of hydrogen-bond donors (Lipinski definition) is 1. The van der Waals surface area contributed by atoms with E-state index >= 15 is 0 Å². The van der Waals surface area contributed by atoms with Gasteiger partial charge in [0.1, 0.15) is 18.2 Å². The lowest BCUT2D eigenvalue weighted by molar-refractivity contribution is -0.139. The molecular weight excluding hydrogens is 465 g/mol. The van der Waals surface area contributed by atoms with E-state index in [2.05, 4.69) is 29.8 Å². The van der Waals surface area contributed by atoms with Crippen molar-refractivity contribution >= 4 is 5.97 Å². The maximum absolute atomic E-state index is 14.9. The molecule has 2 atom stereocenters. The van der Waals surface area contributed by atoms with Gasteiger partial charge in [0.15, 0.2) is 0 Å². The number of fused-ring (bicyclic) bond motifs is 2. The van der Waals surface area contributed by atoms with Crippen LogP contribution >= 0.6 is 0 Å². The molecule has 2 aromatic carbocycles. The van der Waals surface area contributed by atoms with Crippen LogP contribution in [0.25, 0.3) is 11.1 Å². The lowest BCUT2D eigenvalue weighted by Gasteiger charge is -2.29. The average Bonchev–Trinajstić information content (AvgIpc) is 3.25. The molecule has 6 rings (SSSR count). The number of ether oxygens (including phenoxy) is 1. The fourth-order valence-corrected chi connectivity index (χ4v) is 6.86. The first-order valence-electron chi connectivity index (χ1n) is 13.2. The van der Waals surface area contributed by atoms with Gasteiger partial charge < -0.3 is 9.84 Å². The SMILES string of the molecule is C=CC1(c2cc(COc3ccc4c(c3)[C@]3(CC4)C[C@H]3C(=O)O)ccc2-c2cc(C)ncc2F)CCCC1. The Labute approximate surface area is 217 Å². The number of carboxylic acids is 1. The molecule has 0 amide bonds. The Morgan fingerprint density at radius 3 is 2.68 bits per heavy atom. The maximum atomic E-state index is 14.9. The zero-order chi connectivity index (χ0) is 25.8. The van der Waals surface area contributed by atoms with E-state index in [4.69, 9.17) is 4.74 Å². The van der Waals surface area contributed by atoms with Crippen LogP contribution in [0.5, 0.6) is 5.75 Å². The van der Waals surface area contributed by atoms with E-state index in [1.54, 1.807) is 0 Å². The molecule has 3 aliphatic carbocycles. The van der Waals surface area contributed by atoms with E-state index in [-0.39, 0.29) is 22.6 Å². The van der Waals surface area contributed by atoms with Crippen molar-refractivity contribution in [1.29, 1.82) is 0 Å². The number of carboxylic acid groups (broad SMARTS) is 1. The third-order valence-corrected chi connectivity index (χ3v) is 9.03. The minimum absolute atomic E-state index is 0.188. The highest BCUT2D eigenvalue weighted by atomic mass is 19.1. The topological polar surface area (TPSA) is 59.4 Å². The fourth-order valence-electron chi connectivity index (χ4n) is 6.86. The van der Waals surface area contributed by atoms with Crippen molar-refractivity contribution in [2.75, 3.05) is 0 Å². The highest BCUT2D eigenvalue weighted by Crippen LogP contribution is 2.62. The number of allylic oxidation sites excluding steroid dienone is 1. The molecule has 0 saturated heterocycles. The summed E-state index contributed by atoms with van der Waals surface area (Å²) in [7, 11) is 0. The molecule has 4 nitrogen and oxygen atoms in total. The summed E-state index contributed by atoms with van der Waals surface area (Å²) in [6.07, 6.45) is 10.1. The Hall–Kier alpha value is -3.47. The Bertz CT molecular complexity index is 1410. The van der Waals surface area contributed by atoms with Crippen LogP contribution in [0.2, 0.25) is 0 Å². The lowest BCUT2D eigenvalue weighted by Crippen LogP contribution is -2.20. The highest BCUT2D eigenvalue weighted by Gasteiger charge is 2.61. The summed E-state index contributed by atoms with van der Waals surface area (Å²) < 4.78 is 21.2. The van der Waals surface area contributed by atoms with Gasteiger partial charge in [0.25, 0.3) is 0 Å². The summed E-state index contributed by atoms with van der Waals surface area (Å²) in [5, 5.41) is 9.55. The Morgan fingerprint density at radius 2 is 1.95 bits per heavy atom. The van der Waals surface area contributed by atoms with Gasteiger partial charge in [-0.2, -0.15) is 0 Å². The number of halogens is 1. The second kappa shape index (κ2) is 8.83. The van der Waals surface area contributed by atoms with Crippen LogP contribution in [-0.4, -0.2) is 16.1 Å². The van der Waals surface area contributed by atoms with Crippen LogP contribution < -0.4 is 4.74 Å². The van der Waals surface area contributed by atoms with Crippen molar-refractivity contribution in [2.24, 2.45) is 5.92 Å². The number of aromatic nitrogens is 1. The van der Waals surface area contributed by atoms with Crippen LogP contribution in [0, 0.1) is 18.7 Å². The monoisotopic (exact) mass is 497 g/mol. The minimum atomic E-state index is -0.698. The standard InChI is InChI=1S/C32H32FNO3/c1-3-31(11-4-5-12-31)27-15-21(6-9-24(27)25-14-20(2)34-18-29(25)33)19-37-23-8-7-22-10-13-32(26(22)16-23)17-28(32)30(35)36/h3,6-9,14-16,18,28H,1,4-5,10-13,17,19H2,2H3,(H,35,36)/t28-,32-/m0/s1. The first kappa shape index (κ1) is 23.9. The number of rotatable bonds is 7. The van der Waals surface area contributed by atoms with Gasteiger partial charge in [0, 0.05) is 22.1 Å². The summed E-state index contributed by atoms with van der Waals surface area (Å²) in [4.78, 5) is 15.7. The molecule has 3 aromatic rings. The molecule has 1 spiro atoms. The van der Waals surface area contributed by atoms with E-state index in [1.165, 1.54) is 11.8 Å². The van der Waals surface area contributed by atoms with Crippen molar-refractivity contribution in [3.63, 3.8) is 0 Å². The number of nitrogens with zero attached hydrogens (tertiary/aromatic N) is 1. The normalized spacial score (nSPS) is 23.1. The van der Waals surface area contributed by atoms with Crippen molar-refractivity contribution in [3.05, 3.63) is 95.1 Å². The second-order valence-corrected chi connectivity index (χ2v) is 11.1. The number of aliphatic carboxylic acids is 1. The van der Waals surface area contributed by atoms with Gasteiger partial charge in [-0.25, -0.2) is 4.39 Å². The molecule has 190 valence electrons. The van der Waals surface area contributed by atoms with E-state index in [0.717, 1.165) is 78.6 Å². The molecule has 1 aromatic heterocycles. The van der Waals surface area contributed by atoms with Crippen LogP contribution in [0.15, 0.2) is 61.3 Å². The molecule has 3 aliphatic rings. The van der Waals surface area contributed by atoms with Crippen LogP contribution in [0.1, 0.15) is 66.5 Å². The third-order valence-electron chi connectivity index (χ3n) is 9.03. The molecule has 0 radical (unpaired) electrons. The predicted octanol–water partition coefficient (Wildman–Crippen LogP) is 7.06. The van der Waals surface area contributed by atoms with Gasteiger partial charge in [-0.1, -0.05) is 43.2 Å². The molecular formula is C32H32FNO3. The average molecular weight is 498 g/mol. The molecule has 37 heavy (non-hydrogen) atoms. The zero-order valence-corrected chi connectivity index (χ0v) is 21.2. The summed E-state index contributed by atoms with van der Waals surface area (Å²) in [6.45, 7) is 6.44. The van der Waals surface area contributed by atoms with E-state index in [9.17, 15) is 14.3 Å². The fraction of sp³-hybridized carbons (Fsp3) is 0.375. The van der Waals surface area contributed by atoms with Gasteiger partial charge in [0.05, 0.1) is 12.1 Å². The van der Waals surface area contributed by atoms with Crippen molar-refractivity contribution in [2.45, 2.75) is 69.3 Å². The summed E-state index contributed by atoms with van der Waals surface area (Å²) in [5.41, 5.74) is 6.35. The lowest BCUT2D eigenvalue weighted by atomic mass is 9.75. The zero-order valence-electron chi connectivity index (χ0n) is 21.2. The minimum Gasteiger partial charge on any atom is -0.489 e. The number of aryl methyl sites for hydroxylation is 2. The van der Waals surface area contributed by atoms with E-state index in [1.807, 2.05) is 37.3 Å². The number of carbonyl (C=O) groups is 1. The van der Waals surface area contributed by atoms with Crippen molar-refractivity contribution in [3.8, 4) is 16.9 Å². The Morgan fingerprint density at radius 1 is 1.14 bits per heavy atom. The summed E-state index contributed by atoms with van der Waals surface area (Å²) in [6, 6.07) is 14.1. The van der Waals surface area contributed by atoms with Gasteiger partial charge in [0.2, 0.25) is 0 Å². The molecule has 2 saturated carbocycles. The largest absolute Gasteiger partial charge is 0.489 e. The highest BCUT2D eigenvalue weighted by molar-refractivity contribution is 5.78. The van der Waals surface area contributed by atoms with Gasteiger partial charge >= 0.3 is 5.97 Å². The molecule has 0 aliphatic heterocycles. The van der Waals surface area contributed by atoms with Gasteiger partial charge in [-0.15, -0.1) is 6.58 Å². The van der Waals surface area contributed by atoms with Crippen LogP contribution in [0.3, 0.4) is 0 Å². The molecule has 0 unspecified atom stereocenters. The maximum Gasteiger partial charge on any atom is 0.307 e. The van der Waals surface area contributed by atoms with Gasteiger partial charge in [-0.3, -0.25) is 9.78 Å². The second-order valence-electron chi connectivity index (χ2n) is 11.1. The quantitative estimate of drug-likeness (QED) is 0.355. The smallest absolute Gasteiger partial charge is 0.307 e. The molecule has 1 heterocycles. The molecule has 2 fully saturated rings. The molecule has 0 bridgehead atoms. The predicted molar refractivity (Wildman–Crippen MR) is 141 cm³/mol. The Kier molecular flexibility index (Phi) is 5.70. The molecule has 5 heteroatoms.